The Hall–Kier alpha value is -6.50. The fraction of sp³-hybridized carbons (Fsp3) is 0.0909. The van der Waals surface area contributed by atoms with Crippen molar-refractivity contribution in [2.24, 2.45) is 0 Å². The van der Waals surface area contributed by atoms with Gasteiger partial charge < -0.3 is 0 Å². The summed E-state index contributed by atoms with van der Waals surface area (Å²) < 4.78 is 0. The van der Waals surface area contributed by atoms with Crippen molar-refractivity contribution in [3.05, 3.63) is 198 Å². The highest BCUT2D eigenvalue weighted by atomic mass is 14.4. The highest BCUT2D eigenvalue weighted by Crippen LogP contribution is 2.50. The molecule has 9 aromatic carbocycles. The van der Waals surface area contributed by atoms with Crippen LogP contribution in [0, 0.1) is 0 Å². The van der Waals surface area contributed by atoms with Crippen LogP contribution in [0.1, 0.15) is 42.5 Å². The van der Waals surface area contributed by atoms with E-state index in [1.807, 2.05) is 0 Å². The summed E-state index contributed by atoms with van der Waals surface area (Å²) in [5.74, 6) is 0. The van der Waals surface area contributed by atoms with Crippen LogP contribution in [0.4, 0.5) is 0 Å². The number of allylic oxidation sites excluding steroid dienone is 1. The zero-order chi connectivity index (χ0) is 36.7. The molecule has 0 amide bonds. The van der Waals surface area contributed by atoms with Gasteiger partial charge in [-0.05, 0) is 141 Å². The standard InChI is InChI=1S/C55H40/c1-55(2)51-18-10-9-15-45(51)46-29-27-42(34-52(46)55)38-21-19-37(20-22-38)41-28-30-49-50(33-41)54(44-26-24-36-12-4-6-14-40(36)32-44)48-17-8-7-16-47(48)53(49)43-25-23-35-11-3-5-13-39(35)31-43/h3-4,6-12,14-34H,5,13H2,1-2H3. The number of aryl methyl sites for hydroxylation is 1. The zero-order valence-corrected chi connectivity index (χ0v) is 31.2. The first kappa shape index (κ1) is 32.0. The molecule has 0 heterocycles. The average molecular weight is 701 g/mol. The Labute approximate surface area is 323 Å². The first-order chi connectivity index (χ1) is 27.0. The lowest BCUT2D eigenvalue weighted by molar-refractivity contribution is 0.660. The van der Waals surface area contributed by atoms with Gasteiger partial charge in [0.05, 0.1) is 0 Å². The van der Waals surface area contributed by atoms with Gasteiger partial charge in [-0.2, -0.15) is 0 Å². The van der Waals surface area contributed by atoms with Gasteiger partial charge in [-0.3, -0.25) is 0 Å². The van der Waals surface area contributed by atoms with Crippen LogP contribution in [-0.4, -0.2) is 0 Å². The van der Waals surface area contributed by atoms with Crippen molar-refractivity contribution in [1.29, 1.82) is 0 Å². The molecule has 2 aliphatic rings. The molecule has 0 aliphatic heterocycles. The minimum absolute atomic E-state index is 0.0190. The highest BCUT2D eigenvalue weighted by molar-refractivity contribution is 6.22. The van der Waals surface area contributed by atoms with E-state index in [4.69, 9.17) is 0 Å². The van der Waals surface area contributed by atoms with Crippen molar-refractivity contribution in [3.63, 3.8) is 0 Å². The normalized spacial score (nSPS) is 13.9. The maximum atomic E-state index is 2.45. The van der Waals surface area contributed by atoms with Crippen molar-refractivity contribution in [1.82, 2.24) is 0 Å². The van der Waals surface area contributed by atoms with Gasteiger partial charge in [0.2, 0.25) is 0 Å². The largest absolute Gasteiger partial charge is 0.0836 e. The molecule has 0 nitrogen and oxygen atoms in total. The smallest absolute Gasteiger partial charge is 0.0159 e. The third-order valence-corrected chi connectivity index (χ3v) is 12.5. The Kier molecular flexibility index (Phi) is 7.13. The molecule has 55 heavy (non-hydrogen) atoms. The van der Waals surface area contributed by atoms with Crippen LogP contribution in [0.3, 0.4) is 0 Å². The lowest BCUT2D eigenvalue weighted by Crippen LogP contribution is -2.14. The van der Waals surface area contributed by atoms with Gasteiger partial charge in [-0.25, -0.2) is 0 Å². The fourth-order valence-electron chi connectivity index (χ4n) is 9.65. The first-order valence-corrected chi connectivity index (χ1v) is 19.6. The number of hydrogen-bond donors (Lipinski definition) is 0. The molecule has 0 saturated heterocycles. The van der Waals surface area contributed by atoms with Crippen LogP contribution in [0.5, 0.6) is 0 Å². The summed E-state index contributed by atoms with van der Waals surface area (Å²) in [5, 5.41) is 7.67. The average Bonchev–Trinajstić information content (AvgIpc) is 3.47. The van der Waals surface area contributed by atoms with Gasteiger partial charge in [0.15, 0.2) is 0 Å². The van der Waals surface area contributed by atoms with Crippen molar-refractivity contribution >= 4 is 38.4 Å². The van der Waals surface area contributed by atoms with E-state index in [0.717, 1.165) is 12.8 Å². The van der Waals surface area contributed by atoms with Gasteiger partial charge in [0.1, 0.15) is 0 Å². The summed E-state index contributed by atoms with van der Waals surface area (Å²) in [7, 11) is 0. The van der Waals surface area contributed by atoms with E-state index in [0.29, 0.717) is 0 Å². The van der Waals surface area contributed by atoms with E-state index in [2.05, 4.69) is 196 Å². The molecule has 0 radical (unpaired) electrons. The SMILES string of the molecule is CC1(C)c2ccccc2-c2ccc(-c3ccc(-c4ccc5c(-c6ccc7c(c6)CCC=C7)c6ccccc6c(-c6ccc7ccccc7c6)c5c4)cc3)cc21. The summed E-state index contributed by atoms with van der Waals surface area (Å²) in [6.45, 7) is 4.71. The van der Waals surface area contributed by atoms with E-state index < -0.39 is 0 Å². The van der Waals surface area contributed by atoms with Gasteiger partial charge in [0, 0.05) is 5.41 Å². The summed E-state index contributed by atoms with van der Waals surface area (Å²) in [5.41, 5.74) is 18.4. The minimum Gasteiger partial charge on any atom is -0.0836 e. The highest BCUT2D eigenvalue weighted by Gasteiger charge is 2.35. The van der Waals surface area contributed by atoms with Crippen molar-refractivity contribution in [3.8, 4) is 55.6 Å². The van der Waals surface area contributed by atoms with Gasteiger partial charge in [-0.15, -0.1) is 0 Å². The minimum atomic E-state index is -0.0190. The summed E-state index contributed by atoms with van der Waals surface area (Å²) in [6.07, 6.45) is 6.76. The van der Waals surface area contributed by atoms with Crippen molar-refractivity contribution in [2.75, 3.05) is 0 Å². The Bertz CT molecular complexity index is 3040. The third kappa shape index (κ3) is 5.05. The van der Waals surface area contributed by atoms with Gasteiger partial charge in [-0.1, -0.05) is 178 Å². The monoisotopic (exact) mass is 700 g/mol. The summed E-state index contributed by atoms with van der Waals surface area (Å²) >= 11 is 0. The molecule has 0 aromatic heterocycles. The molecule has 0 atom stereocenters. The Morgan fingerprint density at radius 3 is 1.80 bits per heavy atom. The van der Waals surface area contributed by atoms with Crippen molar-refractivity contribution < 1.29 is 0 Å². The van der Waals surface area contributed by atoms with Crippen LogP contribution in [-0.2, 0) is 11.8 Å². The molecule has 0 spiro atoms. The molecule has 0 fully saturated rings. The summed E-state index contributed by atoms with van der Waals surface area (Å²) in [6, 6.07) is 64.0. The molecule has 260 valence electrons. The topological polar surface area (TPSA) is 0 Å². The second-order valence-electron chi connectivity index (χ2n) is 16.0. The second-order valence-corrected chi connectivity index (χ2v) is 16.0. The fourth-order valence-corrected chi connectivity index (χ4v) is 9.65. The lowest BCUT2D eigenvalue weighted by atomic mass is 9.81. The Morgan fingerprint density at radius 2 is 0.982 bits per heavy atom. The predicted molar refractivity (Wildman–Crippen MR) is 236 cm³/mol. The molecule has 0 bridgehead atoms. The van der Waals surface area contributed by atoms with E-state index >= 15 is 0 Å². The molecular formula is C55H40. The molecule has 0 unspecified atom stereocenters. The second kappa shape index (κ2) is 12.3. The van der Waals surface area contributed by atoms with Gasteiger partial charge >= 0.3 is 0 Å². The molecule has 9 aromatic rings. The van der Waals surface area contributed by atoms with Crippen LogP contribution in [0.25, 0.3) is 94.0 Å². The van der Waals surface area contributed by atoms with E-state index in [1.54, 1.807) is 0 Å². The Balaban J connectivity index is 1.08. The van der Waals surface area contributed by atoms with Gasteiger partial charge in [0.25, 0.3) is 0 Å². The van der Waals surface area contributed by atoms with E-state index in [1.165, 1.54) is 110 Å². The maximum Gasteiger partial charge on any atom is 0.0159 e. The molecule has 0 saturated carbocycles. The number of hydrogen-bond acceptors (Lipinski definition) is 0. The number of rotatable bonds is 4. The molecule has 0 N–H and O–H groups in total. The Morgan fingerprint density at radius 1 is 0.400 bits per heavy atom. The van der Waals surface area contributed by atoms with Crippen molar-refractivity contribution in [2.45, 2.75) is 32.1 Å². The number of benzene rings is 9. The van der Waals surface area contributed by atoms with Crippen LogP contribution in [0.2, 0.25) is 0 Å². The van der Waals surface area contributed by atoms with Crippen LogP contribution >= 0.6 is 0 Å². The van der Waals surface area contributed by atoms with E-state index in [-0.39, 0.29) is 5.41 Å². The third-order valence-electron chi connectivity index (χ3n) is 12.5. The van der Waals surface area contributed by atoms with E-state index in [9.17, 15) is 0 Å². The molecule has 11 rings (SSSR count). The quantitative estimate of drug-likeness (QED) is 0.160. The number of fused-ring (bicyclic) bond motifs is 7. The van der Waals surface area contributed by atoms with Crippen LogP contribution in [0.15, 0.2) is 176 Å². The molecular weight excluding hydrogens is 661 g/mol. The summed E-state index contributed by atoms with van der Waals surface area (Å²) in [4.78, 5) is 0. The molecule has 2 aliphatic carbocycles. The first-order valence-electron chi connectivity index (χ1n) is 19.6. The predicted octanol–water partition coefficient (Wildman–Crippen LogP) is 15.1. The zero-order valence-electron chi connectivity index (χ0n) is 31.2. The molecule has 0 heteroatoms. The lowest BCUT2D eigenvalue weighted by Gasteiger charge is -2.22. The maximum absolute atomic E-state index is 2.45. The van der Waals surface area contributed by atoms with Crippen LogP contribution < -0.4 is 0 Å².